The number of rotatable bonds is 9. The Balaban J connectivity index is 1.78. The summed E-state index contributed by atoms with van der Waals surface area (Å²) in [7, 11) is 0. The molecule has 0 aliphatic heterocycles. The van der Waals surface area contributed by atoms with Crippen LogP contribution >= 0.6 is 0 Å². The lowest BCUT2D eigenvalue weighted by Gasteiger charge is -2.18. The molecule has 5 N–H and O–H groups in total. The largest absolute Gasteiger partial charge is 0.508 e. The van der Waals surface area contributed by atoms with E-state index in [1.807, 2.05) is 0 Å². The average Bonchev–Trinajstić information content (AvgIpc) is 2.71. The summed E-state index contributed by atoms with van der Waals surface area (Å²) >= 11 is 0. The Morgan fingerprint density at radius 2 is 1.49 bits per heavy atom. The van der Waals surface area contributed by atoms with Crippen LogP contribution in [0.4, 0.5) is 0 Å². The van der Waals surface area contributed by atoms with Crippen LogP contribution in [0.3, 0.4) is 0 Å². The third-order valence-electron chi connectivity index (χ3n) is 5.36. The molecule has 0 fully saturated rings. The summed E-state index contributed by atoms with van der Waals surface area (Å²) < 4.78 is 15.9. The van der Waals surface area contributed by atoms with Gasteiger partial charge in [0.25, 0.3) is 0 Å². The van der Waals surface area contributed by atoms with Gasteiger partial charge in [-0.25, -0.2) is 9.59 Å². The zero-order valence-electron chi connectivity index (χ0n) is 20.4. The van der Waals surface area contributed by atoms with Gasteiger partial charge in [-0.15, -0.1) is 0 Å². The molecular formula is C26H28O11. The minimum absolute atomic E-state index is 0.0428. The predicted octanol–water partition coefficient (Wildman–Crippen LogP) is 2.65. The Kier molecular flexibility index (Phi) is 8.28. The third-order valence-corrected chi connectivity index (χ3v) is 5.36. The van der Waals surface area contributed by atoms with Crippen molar-refractivity contribution in [3.8, 4) is 23.0 Å². The van der Waals surface area contributed by atoms with Crippen molar-refractivity contribution in [1.82, 2.24) is 0 Å². The summed E-state index contributed by atoms with van der Waals surface area (Å²) in [6.07, 6.45) is -2.79. The zero-order valence-corrected chi connectivity index (χ0v) is 20.4. The quantitative estimate of drug-likeness (QED) is 0.263. The maximum atomic E-state index is 13.0. The fraction of sp³-hybridized carbons (Fsp3) is 0.346. The number of carbonyl (C=O) groups is 2. The lowest BCUT2D eigenvalue weighted by atomic mass is 10.00. The molecule has 3 atom stereocenters. The van der Waals surface area contributed by atoms with Crippen molar-refractivity contribution >= 4 is 22.7 Å². The van der Waals surface area contributed by atoms with Crippen LogP contribution in [0, 0.1) is 0 Å². The van der Waals surface area contributed by atoms with E-state index in [4.69, 9.17) is 13.9 Å². The van der Waals surface area contributed by atoms with E-state index in [0.29, 0.717) is 0 Å². The first-order valence-electron chi connectivity index (χ1n) is 11.5. The van der Waals surface area contributed by atoms with Crippen LogP contribution < -0.4 is 5.63 Å². The third kappa shape index (κ3) is 6.91. The van der Waals surface area contributed by atoms with Gasteiger partial charge < -0.3 is 39.4 Å². The zero-order chi connectivity index (χ0) is 27.4. The molecule has 11 nitrogen and oxygen atoms in total. The fourth-order valence-corrected chi connectivity index (χ4v) is 3.94. The van der Waals surface area contributed by atoms with Crippen molar-refractivity contribution in [2.45, 2.75) is 58.3 Å². The van der Waals surface area contributed by atoms with Crippen LogP contribution in [0.1, 0.15) is 48.9 Å². The Labute approximate surface area is 211 Å². The Morgan fingerprint density at radius 1 is 0.865 bits per heavy atom. The van der Waals surface area contributed by atoms with Gasteiger partial charge >= 0.3 is 17.6 Å². The van der Waals surface area contributed by atoms with Crippen LogP contribution in [0.2, 0.25) is 0 Å². The minimum Gasteiger partial charge on any atom is -0.508 e. The van der Waals surface area contributed by atoms with E-state index in [-0.39, 0.29) is 58.4 Å². The smallest absolute Gasteiger partial charge is 0.347 e. The Hall–Kier alpha value is -4.25. The normalized spacial score (nSPS) is 13.6. The molecule has 0 bridgehead atoms. The number of phenols is 4. The van der Waals surface area contributed by atoms with E-state index in [1.54, 1.807) is 6.92 Å². The van der Waals surface area contributed by atoms with Gasteiger partial charge in [0, 0.05) is 25.0 Å². The second kappa shape index (κ2) is 11.2. The highest BCUT2D eigenvalue weighted by Gasteiger charge is 2.24. The molecule has 0 amide bonds. The summed E-state index contributed by atoms with van der Waals surface area (Å²) in [5.41, 5.74) is -0.908. The predicted molar refractivity (Wildman–Crippen MR) is 130 cm³/mol. The van der Waals surface area contributed by atoms with Gasteiger partial charge in [-0.1, -0.05) is 0 Å². The molecule has 3 rings (SSSR count). The molecule has 11 heteroatoms. The molecule has 37 heavy (non-hydrogen) atoms. The van der Waals surface area contributed by atoms with E-state index in [0.717, 1.165) is 12.1 Å². The van der Waals surface area contributed by atoms with Gasteiger partial charge in [0.05, 0.1) is 12.5 Å². The summed E-state index contributed by atoms with van der Waals surface area (Å²) in [4.78, 5) is 37.1. The maximum Gasteiger partial charge on any atom is 0.347 e. The molecule has 2 aromatic carbocycles. The van der Waals surface area contributed by atoms with Crippen LogP contribution in [0.25, 0.3) is 10.8 Å². The number of benzene rings is 2. The van der Waals surface area contributed by atoms with Crippen molar-refractivity contribution in [2.24, 2.45) is 0 Å². The SMILES string of the molecule is C[C@H](Cc1cc(O)cc(O)c1C(=O)O[C@H](C)Cc1cc2cc(O)cc(O)c2c(=O)o1)OC(=O)C[C@@H](C)O. The first-order chi connectivity index (χ1) is 17.3. The van der Waals surface area contributed by atoms with Crippen LogP contribution in [0.5, 0.6) is 23.0 Å². The lowest BCUT2D eigenvalue weighted by molar-refractivity contribution is -0.150. The van der Waals surface area contributed by atoms with Crippen LogP contribution in [0.15, 0.2) is 39.5 Å². The summed E-state index contributed by atoms with van der Waals surface area (Å²) in [5, 5.41) is 49.3. The number of fused-ring (bicyclic) bond motifs is 1. The first-order valence-corrected chi connectivity index (χ1v) is 11.5. The number of hydrogen-bond acceptors (Lipinski definition) is 11. The highest BCUT2D eigenvalue weighted by atomic mass is 16.5. The number of phenolic OH excluding ortho intramolecular Hbond substituents is 4. The average molecular weight is 516 g/mol. The number of hydrogen-bond donors (Lipinski definition) is 5. The second-order valence-electron chi connectivity index (χ2n) is 8.91. The molecule has 0 aliphatic rings. The van der Waals surface area contributed by atoms with Gasteiger partial charge in [-0.2, -0.15) is 0 Å². The van der Waals surface area contributed by atoms with Crippen molar-refractivity contribution < 1.29 is 49.0 Å². The number of aromatic hydroxyl groups is 4. The standard InChI is InChI=1S/C26H28O11/c1-12(27)4-22(32)35-13(2)5-15-7-17(28)10-20(30)23(15)25(33)36-14(3)6-19-9-16-8-18(29)11-21(31)24(16)26(34)37-19/h7-14,27-31H,4-6H2,1-3H3/t12-,13-,14-/m1/s1. The van der Waals surface area contributed by atoms with Crippen LogP contribution in [-0.2, 0) is 27.1 Å². The molecule has 0 unspecified atom stereocenters. The molecule has 0 saturated heterocycles. The van der Waals surface area contributed by atoms with E-state index in [2.05, 4.69) is 0 Å². The molecule has 1 aromatic heterocycles. The number of aliphatic hydroxyl groups is 1. The number of ether oxygens (including phenoxy) is 2. The number of aliphatic hydroxyl groups excluding tert-OH is 1. The van der Waals surface area contributed by atoms with Gasteiger partial charge in [0.15, 0.2) is 0 Å². The molecule has 198 valence electrons. The maximum absolute atomic E-state index is 13.0. The van der Waals surface area contributed by atoms with Crippen LogP contribution in [-0.4, -0.2) is 55.8 Å². The number of carbonyl (C=O) groups excluding carboxylic acids is 2. The fourth-order valence-electron chi connectivity index (χ4n) is 3.94. The van der Waals surface area contributed by atoms with Crippen molar-refractivity contribution in [1.29, 1.82) is 0 Å². The highest BCUT2D eigenvalue weighted by molar-refractivity contribution is 5.94. The van der Waals surface area contributed by atoms with E-state index < -0.39 is 47.4 Å². The molecule has 1 heterocycles. The van der Waals surface area contributed by atoms with Crippen molar-refractivity contribution in [3.05, 3.63) is 57.6 Å². The summed E-state index contributed by atoms with van der Waals surface area (Å²) in [5.74, 6) is -3.00. The summed E-state index contributed by atoms with van der Waals surface area (Å²) in [6.45, 7) is 4.51. The van der Waals surface area contributed by atoms with E-state index >= 15 is 0 Å². The van der Waals surface area contributed by atoms with Gasteiger partial charge in [-0.3, -0.25) is 4.79 Å². The highest BCUT2D eigenvalue weighted by Crippen LogP contribution is 2.31. The Morgan fingerprint density at radius 3 is 2.16 bits per heavy atom. The van der Waals surface area contributed by atoms with Crippen molar-refractivity contribution in [3.63, 3.8) is 0 Å². The van der Waals surface area contributed by atoms with E-state index in [1.165, 1.54) is 32.0 Å². The lowest BCUT2D eigenvalue weighted by Crippen LogP contribution is -2.23. The van der Waals surface area contributed by atoms with Crippen molar-refractivity contribution in [2.75, 3.05) is 0 Å². The number of esters is 2. The first kappa shape index (κ1) is 27.3. The van der Waals surface area contributed by atoms with Gasteiger partial charge in [-0.05, 0) is 49.9 Å². The molecule has 0 radical (unpaired) electrons. The molecule has 0 spiro atoms. The molecule has 0 aliphatic carbocycles. The van der Waals surface area contributed by atoms with Gasteiger partial charge in [0.2, 0.25) is 0 Å². The second-order valence-corrected chi connectivity index (χ2v) is 8.91. The molecule has 3 aromatic rings. The summed E-state index contributed by atoms with van der Waals surface area (Å²) in [6, 6.07) is 5.92. The monoisotopic (exact) mass is 516 g/mol. The van der Waals surface area contributed by atoms with Gasteiger partial charge in [0.1, 0.15) is 51.9 Å². The minimum atomic E-state index is -0.930. The molecular weight excluding hydrogens is 488 g/mol. The Bertz CT molecular complexity index is 1370. The topological polar surface area (TPSA) is 184 Å². The van der Waals surface area contributed by atoms with E-state index in [9.17, 15) is 39.9 Å². The molecule has 0 saturated carbocycles.